The molecule has 0 saturated heterocycles. The number of carbonyl (C=O) groups is 4. The zero-order chi connectivity index (χ0) is 25.7. The molecule has 0 radical (unpaired) electrons. The highest BCUT2D eigenvalue weighted by atomic mass is 32.2. The number of rotatable bonds is 9. The minimum atomic E-state index is -1.07. The van der Waals surface area contributed by atoms with E-state index in [9.17, 15) is 19.2 Å². The van der Waals surface area contributed by atoms with Crippen LogP contribution in [0.25, 0.3) is 0 Å². The van der Waals surface area contributed by atoms with E-state index in [1.165, 1.54) is 25.6 Å². The van der Waals surface area contributed by atoms with Gasteiger partial charge in [0.2, 0.25) is 11.7 Å². The number of benzene rings is 2. The van der Waals surface area contributed by atoms with Gasteiger partial charge in [0, 0.05) is 21.8 Å². The number of anilines is 1. The number of aryl methyl sites for hydroxylation is 2. The van der Waals surface area contributed by atoms with Crippen LogP contribution in [0.4, 0.5) is 5.69 Å². The number of hydrogen-bond acceptors (Lipinski definition) is 6. The molecular formula is C27H28N2O5S. The lowest BCUT2D eigenvalue weighted by atomic mass is 10.0. The van der Waals surface area contributed by atoms with Crippen LogP contribution in [0, 0.1) is 20.8 Å². The summed E-state index contributed by atoms with van der Waals surface area (Å²) in [5, 5.41) is 2.83. The SMILES string of the molecule is CC(=O)c1c(C)[nH]c(C(=O)C(C)OC(=O)c2ccccc2SCC(=O)Nc2ccc(C)cc2)c1C. The normalized spacial score (nSPS) is 11.6. The number of Topliss-reactive ketones (excluding diaryl/α,β-unsaturated/α-hetero) is 2. The Hall–Kier alpha value is -3.65. The topological polar surface area (TPSA) is 105 Å². The lowest BCUT2D eigenvalue weighted by Gasteiger charge is -2.14. The van der Waals surface area contributed by atoms with E-state index in [0.29, 0.717) is 27.4 Å². The second-order valence-corrected chi connectivity index (χ2v) is 9.31. The van der Waals surface area contributed by atoms with Gasteiger partial charge >= 0.3 is 5.97 Å². The average Bonchev–Trinajstić information content (AvgIpc) is 3.12. The summed E-state index contributed by atoms with van der Waals surface area (Å²) in [6.07, 6.45) is -1.07. The predicted octanol–water partition coefficient (Wildman–Crippen LogP) is 5.30. The van der Waals surface area contributed by atoms with Crippen molar-refractivity contribution in [2.24, 2.45) is 0 Å². The molecule has 8 heteroatoms. The minimum Gasteiger partial charge on any atom is -0.451 e. The number of H-pyrrole nitrogens is 1. The Kier molecular flexibility index (Phi) is 8.30. The molecule has 1 unspecified atom stereocenters. The van der Waals surface area contributed by atoms with E-state index in [1.807, 2.05) is 31.2 Å². The van der Waals surface area contributed by atoms with Crippen LogP contribution in [0.2, 0.25) is 0 Å². The van der Waals surface area contributed by atoms with Crippen molar-refractivity contribution in [3.63, 3.8) is 0 Å². The summed E-state index contributed by atoms with van der Waals surface area (Å²) in [4.78, 5) is 53.6. The van der Waals surface area contributed by atoms with Crippen molar-refractivity contribution in [3.05, 3.63) is 82.2 Å². The molecule has 7 nitrogen and oxygen atoms in total. The van der Waals surface area contributed by atoms with Gasteiger partial charge in [0.05, 0.1) is 17.0 Å². The highest BCUT2D eigenvalue weighted by Crippen LogP contribution is 2.25. The molecule has 0 saturated carbocycles. The Bertz CT molecular complexity index is 1280. The fourth-order valence-corrected chi connectivity index (χ4v) is 4.58. The number of nitrogens with one attached hydrogen (secondary N) is 2. The van der Waals surface area contributed by atoms with Crippen molar-refractivity contribution in [2.75, 3.05) is 11.1 Å². The number of thioether (sulfide) groups is 1. The molecule has 1 heterocycles. The first-order valence-electron chi connectivity index (χ1n) is 11.1. The highest BCUT2D eigenvalue weighted by molar-refractivity contribution is 8.00. The molecule has 2 N–H and O–H groups in total. The monoisotopic (exact) mass is 492 g/mol. The average molecular weight is 493 g/mol. The van der Waals surface area contributed by atoms with Gasteiger partial charge in [-0.05, 0) is 64.4 Å². The van der Waals surface area contributed by atoms with E-state index in [1.54, 1.807) is 38.1 Å². The van der Waals surface area contributed by atoms with E-state index in [2.05, 4.69) is 10.3 Å². The molecule has 1 amide bonds. The number of aromatic amines is 1. The van der Waals surface area contributed by atoms with Crippen LogP contribution in [-0.4, -0.2) is 40.3 Å². The van der Waals surface area contributed by atoms with Crippen LogP contribution < -0.4 is 5.32 Å². The molecule has 0 aliphatic carbocycles. The quantitative estimate of drug-likeness (QED) is 0.239. The minimum absolute atomic E-state index is 0.0986. The van der Waals surface area contributed by atoms with Gasteiger partial charge in [-0.3, -0.25) is 14.4 Å². The van der Waals surface area contributed by atoms with Gasteiger partial charge in [0.1, 0.15) is 0 Å². The number of esters is 1. The molecule has 0 fully saturated rings. The molecule has 2 aromatic carbocycles. The standard InChI is InChI=1S/C27H28N2O5S/c1-15-10-12-20(13-11-15)29-23(31)14-35-22-9-7-6-8-21(22)27(33)34-19(5)26(32)25-16(2)24(18(4)30)17(3)28-25/h6-13,19,28H,14H2,1-5H3,(H,29,31). The fourth-order valence-electron chi connectivity index (χ4n) is 3.74. The molecule has 0 aliphatic heterocycles. The van der Waals surface area contributed by atoms with E-state index < -0.39 is 17.9 Å². The van der Waals surface area contributed by atoms with Crippen LogP contribution in [0.3, 0.4) is 0 Å². The van der Waals surface area contributed by atoms with Crippen LogP contribution in [0.15, 0.2) is 53.4 Å². The van der Waals surface area contributed by atoms with E-state index in [4.69, 9.17) is 4.74 Å². The van der Waals surface area contributed by atoms with Gasteiger partial charge in [-0.25, -0.2) is 4.79 Å². The zero-order valence-electron chi connectivity index (χ0n) is 20.4. The molecule has 1 atom stereocenters. The summed E-state index contributed by atoms with van der Waals surface area (Å²) < 4.78 is 5.46. The number of ketones is 2. The first-order chi connectivity index (χ1) is 16.6. The van der Waals surface area contributed by atoms with Crippen molar-refractivity contribution in [1.29, 1.82) is 0 Å². The van der Waals surface area contributed by atoms with Gasteiger partial charge in [0.25, 0.3) is 0 Å². The van der Waals surface area contributed by atoms with E-state index in [0.717, 1.165) is 5.56 Å². The molecule has 3 rings (SSSR count). The van der Waals surface area contributed by atoms with Gasteiger partial charge in [-0.1, -0.05) is 29.8 Å². The van der Waals surface area contributed by atoms with Crippen molar-refractivity contribution >= 4 is 40.9 Å². The van der Waals surface area contributed by atoms with Crippen LogP contribution in [0.1, 0.15) is 61.9 Å². The van der Waals surface area contributed by atoms with Crippen molar-refractivity contribution in [2.45, 2.75) is 45.6 Å². The smallest absolute Gasteiger partial charge is 0.339 e. The van der Waals surface area contributed by atoms with Crippen molar-refractivity contribution < 1.29 is 23.9 Å². The van der Waals surface area contributed by atoms with Gasteiger partial charge in [-0.2, -0.15) is 0 Å². The fraction of sp³-hybridized carbons (Fsp3) is 0.259. The summed E-state index contributed by atoms with van der Waals surface area (Å²) in [5.74, 6) is -1.34. The third kappa shape index (κ3) is 6.27. The van der Waals surface area contributed by atoms with Crippen LogP contribution in [-0.2, 0) is 9.53 Å². The third-order valence-electron chi connectivity index (χ3n) is 5.49. The predicted molar refractivity (Wildman–Crippen MR) is 136 cm³/mol. The Morgan fingerprint density at radius 3 is 2.29 bits per heavy atom. The molecule has 1 aromatic heterocycles. The zero-order valence-corrected chi connectivity index (χ0v) is 21.2. The van der Waals surface area contributed by atoms with Gasteiger partial charge < -0.3 is 15.0 Å². The van der Waals surface area contributed by atoms with Crippen molar-refractivity contribution in [3.8, 4) is 0 Å². The third-order valence-corrected chi connectivity index (χ3v) is 6.56. The second-order valence-electron chi connectivity index (χ2n) is 8.29. The number of carbonyl (C=O) groups excluding carboxylic acids is 4. The molecule has 35 heavy (non-hydrogen) atoms. The van der Waals surface area contributed by atoms with E-state index in [-0.39, 0.29) is 28.7 Å². The molecule has 0 aliphatic rings. The lowest BCUT2D eigenvalue weighted by molar-refractivity contribution is -0.113. The Balaban J connectivity index is 1.66. The Morgan fingerprint density at radius 1 is 1.00 bits per heavy atom. The maximum atomic E-state index is 12.9. The van der Waals surface area contributed by atoms with Crippen LogP contribution >= 0.6 is 11.8 Å². The lowest BCUT2D eigenvalue weighted by Crippen LogP contribution is -2.25. The van der Waals surface area contributed by atoms with Crippen molar-refractivity contribution in [1.82, 2.24) is 4.98 Å². The molecule has 3 aromatic rings. The van der Waals surface area contributed by atoms with Crippen LogP contribution in [0.5, 0.6) is 0 Å². The Labute approximate surface area is 208 Å². The largest absolute Gasteiger partial charge is 0.451 e. The highest BCUT2D eigenvalue weighted by Gasteiger charge is 2.27. The summed E-state index contributed by atoms with van der Waals surface area (Å²) in [6, 6.07) is 14.3. The summed E-state index contributed by atoms with van der Waals surface area (Å²) in [5.41, 5.74) is 3.92. The maximum Gasteiger partial charge on any atom is 0.339 e. The molecule has 0 bridgehead atoms. The summed E-state index contributed by atoms with van der Waals surface area (Å²) in [6.45, 7) is 8.31. The number of amides is 1. The first kappa shape index (κ1) is 26.0. The number of ether oxygens (including phenoxy) is 1. The first-order valence-corrected chi connectivity index (χ1v) is 12.1. The number of aromatic nitrogens is 1. The Morgan fingerprint density at radius 2 is 1.66 bits per heavy atom. The number of hydrogen-bond donors (Lipinski definition) is 2. The molecule has 182 valence electrons. The summed E-state index contributed by atoms with van der Waals surface area (Å²) in [7, 11) is 0. The molecule has 0 spiro atoms. The second kappa shape index (κ2) is 11.2. The van der Waals surface area contributed by atoms with Gasteiger partial charge in [-0.15, -0.1) is 11.8 Å². The van der Waals surface area contributed by atoms with Gasteiger partial charge in [0.15, 0.2) is 11.9 Å². The van der Waals surface area contributed by atoms with E-state index >= 15 is 0 Å². The molecular weight excluding hydrogens is 464 g/mol. The maximum absolute atomic E-state index is 12.9. The summed E-state index contributed by atoms with van der Waals surface area (Å²) >= 11 is 1.21.